The molecule has 1 aromatic carbocycles. The van der Waals surface area contributed by atoms with Gasteiger partial charge in [0.25, 0.3) is 0 Å². The summed E-state index contributed by atoms with van der Waals surface area (Å²) in [4.78, 5) is 0. The second-order valence-electron chi connectivity index (χ2n) is 2.95. The van der Waals surface area contributed by atoms with Crippen molar-refractivity contribution in [1.29, 1.82) is 0 Å². The third-order valence-corrected chi connectivity index (χ3v) is 2.30. The average molecular weight is 202 g/mol. The van der Waals surface area contributed by atoms with Crippen LogP contribution in [0.2, 0.25) is 5.02 Å². The molecule has 1 rings (SSSR count). The zero-order chi connectivity index (χ0) is 9.68. The molecule has 2 N–H and O–H groups in total. The Morgan fingerprint density at radius 3 is 2.69 bits per heavy atom. The van der Waals surface area contributed by atoms with E-state index >= 15 is 0 Å². The fraction of sp³-hybridized carbons (Fsp3) is 0.400. The number of hydrogen-bond donors (Lipinski definition) is 1. The predicted molar refractivity (Wildman–Crippen MR) is 53.4 cm³/mol. The van der Waals surface area contributed by atoms with Gasteiger partial charge in [0, 0.05) is 10.6 Å². The number of unbranched alkanes of at least 4 members (excludes halogenated alkanes) is 1. The highest BCUT2D eigenvalue weighted by atomic mass is 35.5. The minimum absolute atomic E-state index is 0.218. The molecule has 0 radical (unpaired) electrons. The predicted octanol–water partition coefficient (Wildman–Crippen LogP) is 2.76. The summed E-state index contributed by atoms with van der Waals surface area (Å²) in [7, 11) is 0. The van der Waals surface area contributed by atoms with E-state index in [1.807, 2.05) is 0 Å². The van der Waals surface area contributed by atoms with E-state index in [0.717, 1.165) is 12.8 Å². The van der Waals surface area contributed by atoms with Gasteiger partial charge in [-0.3, -0.25) is 0 Å². The Morgan fingerprint density at radius 1 is 1.31 bits per heavy atom. The Kier molecular flexibility index (Phi) is 4.19. The maximum Gasteiger partial charge on any atom is 0.127 e. The lowest BCUT2D eigenvalue weighted by atomic mass is 10.1. The number of rotatable bonds is 4. The zero-order valence-corrected chi connectivity index (χ0v) is 8.15. The van der Waals surface area contributed by atoms with E-state index in [9.17, 15) is 4.39 Å². The van der Waals surface area contributed by atoms with Crippen LogP contribution in [0.1, 0.15) is 18.4 Å². The molecule has 0 aromatic heterocycles. The summed E-state index contributed by atoms with van der Waals surface area (Å²) in [6.45, 7) is 0.645. The molecule has 1 nitrogen and oxygen atoms in total. The SMILES string of the molecule is NCCCCc1c(F)cccc1Cl. The Balaban J connectivity index is 2.64. The Hall–Kier alpha value is -0.600. The summed E-state index contributed by atoms with van der Waals surface area (Å²) < 4.78 is 13.2. The summed E-state index contributed by atoms with van der Waals surface area (Å²) in [5.41, 5.74) is 5.95. The summed E-state index contributed by atoms with van der Waals surface area (Å²) in [6.07, 6.45) is 2.46. The maximum atomic E-state index is 13.2. The lowest BCUT2D eigenvalue weighted by Crippen LogP contribution is -2.00. The Morgan fingerprint density at radius 2 is 2.08 bits per heavy atom. The Labute approximate surface area is 82.7 Å². The molecule has 0 spiro atoms. The van der Waals surface area contributed by atoms with Gasteiger partial charge in [0.15, 0.2) is 0 Å². The minimum atomic E-state index is -0.218. The van der Waals surface area contributed by atoms with Gasteiger partial charge in [0.1, 0.15) is 5.82 Å². The van der Waals surface area contributed by atoms with Crippen molar-refractivity contribution in [2.45, 2.75) is 19.3 Å². The van der Waals surface area contributed by atoms with Gasteiger partial charge in [-0.25, -0.2) is 4.39 Å². The molecular weight excluding hydrogens is 189 g/mol. The fourth-order valence-corrected chi connectivity index (χ4v) is 1.47. The third kappa shape index (κ3) is 2.98. The van der Waals surface area contributed by atoms with E-state index in [-0.39, 0.29) is 5.82 Å². The van der Waals surface area contributed by atoms with E-state index in [4.69, 9.17) is 17.3 Å². The van der Waals surface area contributed by atoms with Crippen LogP contribution < -0.4 is 5.73 Å². The summed E-state index contributed by atoms with van der Waals surface area (Å²) in [5, 5.41) is 0.511. The summed E-state index contributed by atoms with van der Waals surface area (Å²) in [6, 6.07) is 4.76. The molecule has 0 aliphatic rings. The molecule has 0 saturated carbocycles. The molecule has 0 aliphatic heterocycles. The molecule has 0 saturated heterocycles. The lowest BCUT2D eigenvalue weighted by molar-refractivity contribution is 0.601. The van der Waals surface area contributed by atoms with Crippen molar-refractivity contribution in [2.75, 3.05) is 6.54 Å². The molecule has 72 valence electrons. The first-order valence-electron chi connectivity index (χ1n) is 4.38. The van der Waals surface area contributed by atoms with Crippen molar-refractivity contribution in [3.05, 3.63) is 34.6 Å². The van der Waals surface area contributed by atoms with Gasteiger partial charge < -0.3 is 5.73 Å². The van der Waals surface area contributed by atoms with Gasteiger partial charge in [0.05, 0.1) is 0 Å². The van der Waals surface area contributed by atoms with Gasteiger partial charge in [-0.1, -0.05) is 17.7 Å². The van der Waals surface area contributed by atoms with Crippen LogP contribution in [0.5, 0.6) is 0 Å². The molecule has 0 atom stereocenters. The van der Waals surface area contributed by atoms with Crippen molar-refractivity contribution < 1.29 is 4.39 Å². The summed E-state index contributed by atoms with van der Waals surface area (Å²) in [5.74, 6) is -0.218. The topological polar surface area (TPSA) is 26.0 Å². The van der Waals surface area contributed by atoms with Gasteiger partial charge >= 0.3 is 0 Å². The molecule has 3 heteroatoms. The quantitative estimate of drug-likeness (QED) is 0.745. The van der Waals surface area contributed by atoms with E-state index in [0.29, 0.717) is 23.6 Å². The largest absolute Gasteiger partial charge is 0.330 e. The van der Waals surface area contributed by atoms with Crippen LogP contribution in [-0.2, 0) is 6.42 Å². The molecule has 0 amide bonds. The second-order valence-corrected chi connectivity index (χ2v) is 3.35. The number of halogens is 2. The standard InChI is InChI=1S/C10H13ClFN/c11-9-5-3-6-10(12)8(9)4-1-2-7-13/h3,5-6H,1-2,4,7,13H2. The zero-order valence-electron chi connectivity index (χ0n) is 7.39. The highest BCUT2D eigenvalue weighted by Crippen LogP contribution is 2.20. The second kappa shape index (κ2) is 5.20. The first-order valence-corrected chi connectivity index (χ1v) is 4.76. The van der Waals surface area contributed by atoms with Crippen LogP contribution >= 0.6 is 11.6 Å². The molecule has 0 aliphatic carbocycles. The molecule has 0 heterocycles. The number of nitrogens with two attached hydrogens (primary N) is 1. The molecular formula is C10H13ClFN. The van der Waals surface area contributed by atoms with E-state index in [1.165, 1.54) is 6.07 Å². The normalized spacial score (nSPS) is 10.4. The molecule has 0 bridgehead atoms. The van der Waals surface area contributed by atoms with Crippen LogP contribution in [0.25, 0.3) is 0 Å². The first kappa shape index (κ1) is 10.5. The highest BCUT2D eigenvalue weighted by Gasteiger charge is 2.05. The Bertz CT molecular complexity index is 255. The fourth-order valence-electron chi connectivity index (χ4n) is 1.22. The van der Waals surface area contributed by atoms with Crippen molar-refractivity contribution in [1.82, 2.24) is 0 Å². The monoisotopic (exact) mass is 201 g/mol. The average Bonchev–Trinajstić information content (AvgIpc) is 2.10. The molecule has 1 aromatic rings. The van der Waals surface area contributed by atoms with Gasteiger partial charge in [-0.15, -0.1) is 0 Å². The number of benzene rings is 1. The van der Waals surface area contributed by atoms with Crippen molar-refractivity contribution >= 4 is 11.6 Å². The van der Waals surface area contributed by atoms with E-state index in [2.05, 4.69) is 0 Å². The minimum Gasteiger partial charge on any atom is -0.330 e. The number of hydrogen-bond acceptors (Lipinski definition) is 1. The van der Waals surface area contributed by atoms with Crippen LogP contribution in [0.3, 0.4) is 0 Å². The van der Waals surface area contributed by atoms with Gasteiger partial charge in [-0.05, 0) is 37.9 Å². The van der Waals surface area contributed by atoms with Gasteiger partial charge in [-0.2, -0.15) is 0 Å². The van der Waals surface area contributed by atoms with Crippen molar-refractivity contribution in [2.24, 2.45) is 5.73 Å². The maximum absolute atomic E-state index is 13.2. The van der Waals surface area contributed by atoms with E-state index in [1.54, 1.807) is 12.1 Å². The van der Waals surface area contributed by atoms with Crippen LogP contribution in [0, 0.1) is 5.82 Å². The summed E-state index contributed by atoms with van der Waals surface area (Å²) >= 11 is 5.84. The van der Waals surface area contributed by atoms with Crippen molar-refractivity contribution in [3.63, 3.8) is 0 Å². The van der Waals surface area contributed by atoms with Crippen molar-refractivity contribution in [3.8, 4) is 0 Å². The molecule has 0 fully saturated rings. The first-order chi connectivity index (χ1) is 6.25. The highest BCUT2D eigenvalue weighted by molar-refractivity contribution is 6.31. The van der Waals surface area contributed by atoms with Gasteiger partial charge in [0.2, 0.25) is 0 Å². The molecule has 0 unspecified atom stereocenters. The lowest BCUT2D eigenvalue weighted by Gasteiger charge is -2.04. The van der Waals surface area contributed by atoms with Crippen LogP contribution in [0.4, 0.5) is 4.39 Å². The smallest absolute Gasteiger partial charge is 0.127 e. The molecule has 13 heavy (non-hydrogen) atoms. The third-order valence-electron chi connectivity index (χ3n) is 1.94. The van der Waals surface area contributed by atoms with Crippen LogP contribution in [0.15, 0.2) is 18.2 Å². The van der Waals surface area contributed by atoms with Crippen LogP contribution in [-0.4, -0.2) is 6.54 Å². The van der Waals surface area contributed by atoms with E-state index < -0.39 is 0 Å².